The number of likely N-dealkylation sites (tertiary alicyclic amines) is 1. The second kappa shape index (κ2) is 8.69. The summed E-state index contributed by atoms with van der Waals surface area (Å²) >= 11 is 0. The van der Waals surface area contributed by atoms with Crippen LogP contribution in [0.2, 0.25) is 0 Å². The third-order valence-electron chi connectivity index (χ3n) is 5.80. The zero-order chi connectivity index (χ0) is 18.5. The summed E-state index contributed by atoms with van der Waals surface area (Å²) in [6.07, 6.45) is 11.2. The number of carbonyl (C=O) groups excluding carboxylic acids is 2. The number of nitrogens with one attached hydrogen (secondary N) is 1. The Morgan fingerprint density at radius 3 is 2.77 bits per heavy atom. The Morgan fingerprint density at radius 2 is 2.04 bits per heavy atom. The normalized spacial score (nSPS) is 22.0. The monoisotopic (exact) mass is 360 g/mol. The van der Waals surface area contributed by atoms with E-state index in [1.54, 1.807) is 6.20 Å². The smallest absolute Gasteiger partial charge is 0.225 e. The summed E-state index contributed by atoms with van der Waals surface area (Å²) in [4.78, 5) is 31.2. The molecule has 1 aliphatic heterocycles. The van der Waals surface area contributed by atoms with Crippen molar-refractivity contribution in [2.24, 2.45) is 11.8 Å². The van der Waals surface area contributed by atoms with Crippen molar-refractivity contribution in [3.8, 4) is 0 Å². The van der Waals surface area contributed by atoms with E-state index in [2.05, 4.69) is 28.7 Å². The van der Waals surface area contributed by atoms with Gasteiger partial charge in [-0.2, -0.15) is 0 Å². The molecule has 6 heteroatoms. The van der Waals surface area contributed by atoms with E-state index in [4.69, 9.17) is 0 Å². The van der Waals surface area contributed by atoms with Gasteiger partial charge in [0.15, 0.2) is 0 Å². The Bertz CT molecular complexity index is 619. The van der Waals surface area contributed by atoms with E-state index in [9.17, 15) is 9.59 Å². The lowest BCUT2D eigenvalue weighted by Gasteiger charge is -2.35. The Balaban J connectivity index is 1.52. The van der Waals surface area contributed by atoms with Gasteiger partial charge in [-0.05, 0) is 39.0 Å². The third-order valence-corrected chi connectivity index (χ3v) is 5.80. The van der Waals surface area contributed by atoms with Crippen LogP contribution in [-0.4, -0.2) is 39.4 Å². The van der Waals surface area contributed by atoms with Crippen LogP contribution < -0.4 is 5.32 Å². The van der Waals surface area contributed by atoms with E-state index < -0.39 is 0 Å². The number of rotatable bonds is 6. The van der Waals surface area contributed by atoms with Gasteiger partial charge in [0.25, 0.3) is 0 Å². The van der Waals surface area contributed by atoms with Crippen LogP contribution in [0.15, 0.2) is 12.4 Å². The van der Waals surface area contributed by atoms with Gasteiger partial charge in [0.2, 0.25) is 11.8 Å². The van der Waals surface area contributed by atoms with Crippen LogP contribution in [0.1, 0.15) is 70.7 Å². The minimum atomic E-state index is -0.0984. The highest BCUT2D eigenvalue weighted by Crippen LogP contribution is 2.27. The predicted octanol–water partition coefficient (Wildman–Crippen LogP) is 2.90. The molecule has 0 aromatic carbocycles. The summed E-state index contributed by atoms with van der Waals surface area (Å²) < 4.78 is 2.07. The van der Waals surface area contributed by atoms with Crippen molar-refractivity contribution < 1.29 is 9.59 Å². The lowest BCUT2D eigenvalue weighted by atomic mass is 9.87. The fraction of sp³-hybridized carbons (Fsp3) is 0.750. The van der Waals surface area contributed by atoms with Gasteiger partial charge < -0.3 is 14.8 Å². The van der Waals surface area contributed by atoms with Crippen LogP contribution in [0.4, 0.5) is 0 Å². The molecule has 1 aliphatic carbocycles. The molecule has 1 aromatic heterocycles. The second-order valence-electron chi connectivity index (χ2n) is 8.10. The van der Waals surface area contributed by atoms with Crippen molar-refractivity contribution in [2.45, 2.75) is 71.4 Å². The molecule has 1 atom stereocenters. The molecule has 0 unspecified atom stereocenters. The molecule has 2 heterocycles. The molecule has 0 radical (unpaired) electrons. The first-order valence-electron chi connectivity index (χ1n) is 10.1. The number of aromatic nitrogens is 2. The molecule has 0 bridgehead atoms. The topological polar surface area (TPSA) is 67.2 Å². The first-order chi connectivity index (χ1) is 12.5. The number of hydrogen-bond acceptors (Lipinski definition) is 3. The molecule has 2 aliphatic rings. The van der Waals surface area contributed by atoms with Crippen molar-refractivity contribution in [2.75, 3.05) is 13.1 Å². The van der Waals surface area contributed by atoms with Crippen LogP contribution in [0.5, 0.6) is 0 Å². The largest absolute Gasteiger partial charge is 0.349 e. The van der Waals surface area contributed by atoms with Gasteiger partial charge in [0, 0.05) is 37.9 Å². The van der Waals surface area contributed by atoms with Crippen molar-refractivity contribution in [1.29, 1.82) is 0 Å². The fourth-order valence-electron chi connectivity index (χ4n) is 4.25. The van der Waals surface area contributed by atoms with Crippen LogP contribution >= 0.6 is 0 Å². The molecule has 1 saturated heterocycles. The summed E-state index contributed by atoms with van der Waals surface area (Å²) in [5, 5.41) is 3.03. The number of amides is 2. The summed E-state index contributed by atoms with van der Waals surface area (Å²) in [5.41, 5.74) is 0. The van der Waals surface area contributed by atoms with Gasteiger partial charge >= 0.3 is 0 Å². The molecule has 2 amide bonds. The molecular weight excluding hydrogens is 328 g/mol. The number of nitrogens with zero attached hydrogens (tertiary/aromatic N) is 3. The predicted molar refractivity (Wildman–Crippen MR) is 100 cm³/mol. The van der Waals surface area contributed by atoms with E-state index in [0.29, 0.717) is 37.9 Å². The van der Waals surface area contributed by atoms with E-state index >= 15 is 0 Å². The van der Waals surface area contributed by atoms with Crippen molar-refractivity contribution in [3.63, 3.8) is 0 Å². The van der Waals surface area contributed by atoms with E-state index in [1.165, 1.54) is 32.1 Å². The molecule has 1 saturated carbocycles. The van der Waals surface area contributed by atoms with E-state index in [0.717, 1.165) is 12.4 Å². The number of piperidine rings is 1. The summed E-state index contributed by atoms with van der Waals surface area (Å²) in [6.45, 7) is 6.04. The molecule has 6 nitrogen and oxygen atoms in total. The Hall–Kier alpha value is -1.85. The Morgan fingerprint density at radius 1 is 1.27 bits per heavy atom. The van der Waals surface area contributed by atoms with Crippen LogP contribution in [0, 0.1) is 11.8 Å². The van der Waals surface area contributed by atoms with Gasteiger partial charge in [0.05, 0.1) is 12.5 Å². The van der Waals surface area contributed by atoms with Gasteiger partial charge in [-0.3, -0.25) is 9.59 Å². The Labute approximate surface area is 156 Å². The minimum absolute atomic E-state index is 0.0458. The maximum atomic E-state index is 12.6. The van der Waals surface area contributed by atoms with Gasteiger partial charge in [-0.1, -0.05) is 19.3 Å². The molecule has 144 valence electrons. The highest BCUT2D eigenvalue weighted by atomic mass is 16.2. The molecule has 1 aromatic rings. The van der Waals surface area contributed by atoms with Gasteiger partial charge in [-0.25, -0.2) is 4.98 Å². The fourth-order valence-corrected chi connectivity index (χ4v) is 4.25. The zero-order valence-electron chi connectivity index (χ0n) is 16.1. The number of hydrogen-bond donors (Lipinski definition) is 1. The molecule has 3 rings (SSSR count). The van der Waals surface area contributed by atoms with Crippen molar-refractivity contribution >= 4 is 11.8 Å². The lowest BCUT2D eigenvalue weighted by molar-refractivity contribution is -0.139. The SMILES string of the molecule is CC(C)n1ccnc1CNC(=O)[C@@H]1CCC(=O)N(CC2CCCCC2)C1. The quantitative estimate of drug-likeness (QED) is 0.848. The zero-order valence-corrected chi connectivity index (χ0v) is 16.1. The molecule has 26 heavy (non-hydrogen) atoms. The average Bonchev–Trinajstić information content (AvgIpc) is 3.11. The van der Waals surface area contributed by atoms with Crippen LogP contribution in [0.25, 0.3) is 0 Å². The number of imidazole rings is 1. The summed E-state index contributed by atoms with van der Waals surface area (Å²) in [5.74, 6) is 1.66. The van der Waals surface area contributed by atoms with Gasteiger partial charge in [-0.15, -0.1) is 0 Å². The first-order valence-corrected chi connectivity index (χ1v) is 10.1. The number of carbonyl (C=O) groups is 2. The Kier molecular flexibility index (Phi) is 6.33. The summed E-state index contributed by atoms with van der Waals surface area (Å²) in [7, 11) is 0. The maximum Gasteiger partial charge on any atom is 0.225 e. The second-order valence-corrected chi connectivity index (χ2v) is 8.10. The van der Waals surface area contributed by atoms with Crippen LogP contribution in [0.3, 0.4) is 0 Å². The third kappa shape index (κ3) is 4.65. The van der Waals surface area contributed by atoms with Crippen LogP contribution in [-0.2, 0) is 16.1 Å². The van der Waals surface area contributed by atoms with E-state index in [-0.39, 0.29) is 17.7 Å². The lowest BCUT2D eigenvalue weighted by Crippen LogP contribution is -2.47. The van der Waals surface area contributed by atoms with E-state index in [1.807, 2.05) is 11.1 Å². The standard InChI is InChI=1S/C20H32N4O2/c1-15(2)24-11-10-21-18(24)12-22-20(26)17-8-9-19(25)23(14-17)13-16-6-4-3-5-7-16/h10-11,15-17H,3-9,12-14H2,1-2H3,(H,22,26)/t17-/m1/s1. The molecule has 1 N–H and O–H groups in total. The maximum absolute atomic E-state index is 12.6. The minimum Gasteiger partial charge on any atom is -0.349 e. The van der Waals surface area contributed by atoms with Crippen molar-refractivity contribution in [1.82, 2.24) is 19.8 Å². The highest BCUT2D eigenvalue weighted by Gasteiger charge is 2.31. The highest BCUT2D eigenvalue weighted by molar-refractivity contribution is 5.83. The molecular formula is C20H32N4O2. The summed E-state index contributed by atoms with van der Waals surface area (Å²) in [6, 6.07) is 0.322. The van der Waals surface area contributed by atoms with Crippen molar-refractivity contribution in [3.05, 3.63) is 18.2 Å². The first kappa shape index (κ1) is 18.9. The molecule has 2 fully saturated rings. The average molecular weight is 361 g/mol. The molecule has 0 spiro atoms. The van der Waals surface area contributed by atoms with Gasteiger partial charge in [0.1, 0.15) is 5.82 Å².